The first-order valence-electron chi connectivity index (χ1n) is 10.1. The second kappa shape index (κ2) is 9.25. The number of pyridine rings is 1. The molecule has 2 fully saturated rings. The van der Waals surface area contributed by atoms with Crippen LogP contribution in [0.25, 0.3) is 11.4 Å². The molecule has 0 bridgehead atoms. The number of hydrogen-bond donors (Lipinski definition) is 0. The third-order valence-electron chi connectivity index (χ3n) is 5.37. The largest absolute Gasteiger partial charge is 0.377 e. The Kier molecular flexibility index (Phi) is 6.28. The number of carbonyl (C=O) groups excluding carboxylic acids is 1. The predicted octanol–water partition coefficient (Wildman–Crippen LogP) is 1.78. The minimum absolute atomic E-state index is 0.153. The normalized spacial score (nSPS) is 21.0. The highest BCUT2D eigenvalue weighted by atomic mass is 16.5. The number of aryl methyl sites for hydroxylation is 1. The Morgan fingerprint density at radius 1 is 1.21 bits per heavy atom. The number of ether oxygens (including phenoxy) is 1. The molecule has 0 N–H and O–H groups in total. The molecule has 0 unspecified atom stereocenters. The van der Waals surface area contributed by atoms with Crippen LogP contribution >= 0.6 is 0 Å². The summed E-state index contributed by atoms with van der Waals surface area (Å²) in [6, 6.07) is 3.71. The molecule has 2 aromatic rings. The zero-order valence-corrected chi connectivity index (χ0v) is 16.1. The van der Waals surface area contributed by atoms with Crippen LogP contribution in [0.15, 0.2) is 29.0 Å². The Balaban J connectivity index is 1.24. The maximum absolute atomic E-state index is 12.6. The van der Waals surface area contributed by atoms with E-state index in [-0.39, 0.29) is 5.91 Å². The van der Waals surface area contributed by atoms with Crippen molar-refractivity contribution in [2.24, 2.45) is 0 Å². The van der Waals surface area contributed by atoms with Crippen LogP contribution in [0.5, 0.6) is 0 Å². The summed E-state index contributed by atoms with van der Waals surface area (Å²) in [6.45, 7) is 5.41. The summed E-state index contributed by atoms with van der Waals surface area (Å²) < 4.78 is 11.0. The van der Waals surface area contributed by atoms with E-state index in [1.807, 2.05) is 17.0 Å². The van der Waals surface area contributed by atoms with Gasteiger partial charge in [-0.25, -0.2) is 0 Å². The fourth-order valence-corrected chi connectivity index (χ4v) is 3.82. The van der Waals surface area contributed by atoms with Gasteiger partial charge in [0, 0.05) is 63.6 Å². The van der Waals surface area contributed by atoms with Crippen molar-refractivity contribution >= 4 is 5.91 Å². The summed E-state index contributed by atoms with van der Waals surface area (Å²) in [5.41, 5.74) is 0.808. The maximum Gasteiger partial charge on any atom is 0.227 e. The van der Waals surface area contributed by atoms with Crippen LogP contribution in [-0.2, 0) is 16.0 Å². The van der Waals surface area contributed by atoms with Crippen molar-refractivity contribution in [3.63, 3.8) is 0 Å². The van der Waals surface area contributed by atoms with Gasteiger partial charge in [-0.15, -0.1) is 0 Å². The number of nitrogens with zero attached hydrogens (tertiary/aromatic N) is 5. The zero-order chi connectivity index (χ0) is 19.2. The van der Waals surface area contributed by atoms with Gasteiger partial charge in [-0.2, -0.15) is 4.98 Å². The molecule has 2 aromatic heterocycles. The fraction of sp³-hybridized carbons (Fsp3) is 0.600. The molecular formula is C20H27N5O3. The van der Waals surface area contributed by atoms with E-state index in [0.717, 1.165) is 57.7 Å². The molecule has 0 spiro atoms. The van der Waals surface area contributed by atoms with E-state index in [1.54, 1.807) is 12.4 Å². The Labute approximate surface area is 164 Å². The molecule has 1 amide bonds. The summed E-state index contributed by atoms with van der Waals surface area (Å²) in [5, 5.41) is 3.98. The molecule has 0 aromatic carbocycles. The molecule has 28 heavy (non-hydrogen) atoms. The van der Waals surface area contributed by atoms with Gasteiger partial charge in [-0.3, -0.25) is 14.7 Å². The summed E-state index contributed by atoms with van der Waals surface area (Å²) in [4.78, 5) is 25.5. The van der Waals surface area contributed by atoms with Crippen LogP contribution in [0, 0.1) is 0 Å². The first-order chi connectivity index (χ1) is 13.8. The standard InChI is InChI=1S/C20H27N5O3/c26-19(7-6-18-22-20(23-28-18)16-4-1-8-21-14-16)25-10-3-9-24(11-12-25)15-17-5-2-13-27-17/h1,4,8,14,17H,2-3,5-7,9-13,15H2/t17-/m0/s1. The van der Waals surface area contributed by atoms with Gasteiger partial charge in [0.05, 0.1) is 6.10 Å². The molecule has 2 aliphatic rings. The Morgan fingerprint density at radius 2 is 2.18 bits per heavy atom. The molecule has 2 aliphatic heterocycles. The number of amides is 1. The lowest BCUT2D eigenvalue weighted by Gasteiger charge is -2.24. The third kappa shape index (κ3) is 4.94. The van der Waals surface area contributed by atoms with Crippen LogP contribution in [0.3, 0.4) is 0 Å². The highest BCUT2D eigenvalue weighted by molar-refractivity contribution is 5.76. The Hall–Kier alpha value is -2.32. The molecule has 0 saturated carbocycles. The van der Waals surface area contributed by atoms with Gasteiger partial charge in [-0.1, -0.05) is 5.16 Å². The predicted molar refractivity (Wildman–Crippen MR) is 102 cm³/mol. The van der Waals surface area contributed by atoms with Crippen molar-refractivity contribution in [1.82, 2.24) is 24.9 Å². The number of hydrogen-bond acceptors (Lipinski definition) is 7. The molecule has 1 atom stereocenters. The summed E-state index contributed by atoms with van der Waals surface area (Å²) >= 11 is 0. The summed E-state index contributed by atoms with van der Waals surface area (Å²) in [6.07, 6.45) is 7.94. The highest BCUT2D eigenvalue weighted by Crippen LogP contribution is 2.16. The van der Waals surface area contributed by atoms with Crippen LogP contribution in [0.4, 0.5) is 0 Å². The lowest BCUT2D eigenvalue weighted by atomic mass is 10.2. The molecule has 8 nitrogen and oxygen atoms in total. The van der Waals surface area contributed by atoms with E-state index in [0.29, 0.717) is 30.7 Å². The number of rotatable bonds is 6. The molecule has 4 heterocycles. The number of carbonyl (C=O) groups is 1. The van der Waals surface area contributed by atoms with Crippen molar-refractivity contribution in [2.75, 3.05) is 39.3 Å². The van der Waals surface area contributed by atoms with Crippen molar-refractivity contribution in [3.8, 4) is 11.4 Å². The van der Waals surface area contributed by atoms with Gasteiger partial charge in [0.25, 0.3) is 0 Å². The van der Waals surface area contributed by atoms with Crippen molar-refractivity contribution < 1.29 is 14.1 Å². The van der Waals surface area contributed by atoms with E-state index >= 15 is 0 Å². The van der Waals surface area contributed by atoms with Gasteiger partial charge in [0.2, 0.25) is 17.6 Å². The third-order valence-corrected chi connectivity index (χ3v) is 5.37. The molecular weight excluding hydrogens is 358 g/mol. The fourth-order valence-electron chi connectivity index (χ4n) is 3.82. The van der Waals surface area contributed by atoms with Crippen molar-refractivity contribution in [2.45, 2.75) is 38.2 Å². The second-order valence-corrected chi connectivity index (χ2v) is 7.42. The lowest BCUT2D eigenvalue weighted by molar-refractivity contribution is -0.131. The Bertz CT molecular complexity index is 760. The highest BCUT2D eigenvalue weighted by Gasteiger charge is 2.23. The Morgan fingerprint density at radius 3 is 3.00 bits per heavy atom. The van der Waals surface area contributed by atoms with Crippen LogP contribution < -0.4 is 0 Å². The van der Waals surface area contributed by atoms with Crippen LogP contribution in [0.2, 0.25) is 0 Å². The van der Waals surface area contributed by atoms with Crippen molar-refractivity contribution in [3.05, 3.63) is 30.4 Å². The molecule has 0 aliphatic carbocycles. The molecule has 4 rings (SSSR count). The minimum Gasteiger partial charge on any atom is -0.377 e. The van der Waals surface area contributed by atoms with E-state index in [1.165, 1.54) is 6.42 Å². The molecule has 2 saturated heterocycles. The molecule has 0 radical (unpaired) electrons. The molecule has 150 valence electrons. The lowest BCUT2D eigenvalue weighted by Crippen LogP contribution is -2.37. The van der Waals surface area contributed by atoms with Gasteiger partial charge >= 0.3 is 0 Å². The average Bonchev–Trinajstić information content (AvgIpc) is 3.36. The average molecular weight is 385 g/mol. The van der Waals surface area contributed by atoms with E-state index < -0.39 is 0 Å². The monoisotopic (exact) mass is 385 g/mol. The minimum atomic E-state index is 0.153. The quantitative estimate of drug-likeness (QED) is 0.749. The first-order valence-corrected chi connectivity index (χ1v) is 10.1. The summed E-state index contributed by atoms with van der Waals surface area (Å²) in [5.74, 6) is 1.15. The maximum atomic E-state index is 12.6. The molecule has 8 heteroatoms. The summed E-state index contributed by atoms with van der Waals surface area (Å²) in [7, 11) is 0. The second-order valence-electron chi connectivity index (χ2n) is 7.42. The van der Waals surface area contributed by atoms with Crippen molar-refractivity contribution in [1.29, 1.82) is 0 Å². The van der Waals surface area contributed by atoms with Gasteiger partial charge in [-0.05, 0) is 37.9 Å². The first kappa shape index (κ1) is 19.0. The van der Waals surface area contributed by atoms with Gasteiger partial charge < -0.3 is 14.2 Å². The smallest absolute Gasteiger partial charge is 0.227 e. The van der Waals surface area contributed by atoms with Gasteiger partial charge in [0.1, 0.15) is 0 Å². The van der Waals surface area contributed by atoms with E-state index in [4.69, 9.17) is 9.26 Å². The van der Waals surface area contributed by atoms with E-state index in [2.05, 4.69) is 20.0 Å². The van der Waals surface area contributed by atoms with Gasteiger partial charge in [0.15, 0.2) is 0 Å². The zero-order valence-electron chi connectivity index (χ0n) is 16.1. The van der Waals surface area contributed by atoms with E-state index in [9.17, 15) is 4.79 Å². The number of aromatic nitrogens is 3. The van der Waals surface area contributed by atoms with Crippen LogP contribution in [0.1, 0.15) is 31.6 Å². The SMILES string of the molecule is O=C(CCc1nc(-c2cccnc2)no1)N1CCCN(C[C@@H]2CCCO2)CC1. The topological polar surface area (TPSA) is 84.6 Å². The van der Waals surface area contributed by atoms with Crippen LogP contribution in [-0.4, -0.2) is 76.3 Å².